The van der Waals surface area contributed by atoms with Crippen molar-refractivity contribution in [1.29, 1.82) is 0 Å². The predicted octanol–water partition coefficient (Wildman–Crippen LogP) is 2.32. The molecule has 80 valence electrons. The lowest BCUT2D eigenvalue weighted by molar-refractivity contribution is 0.281. The standard InChI is InChI=1S/C10H17ClN2O/c1-8-10(11)9(2)13(12-8)6-4-3-5-7-14/h14H,3-7H2,1-2H3. The van der Waals surface area contributed by atoms with Crippen molar-refractivity contribution in [2.45, 2.75) is 39.7 Å². The Morgan fingerprint density at radius 2 is 2.00 bits per heavy atom. The molecule has 14 heavy (non-hydrogen) atoms. The van der Waals surface area contributed by atoms with Crippen LogP contribution in [0.2, 0.25) is 5.02 Å². The first-order chi connectivity index (χ1) is 6.66. The van der Waals surface area contributed by atoms with Gasteiger partial charge in [-0.1, -0.05) is 11.6 Å². The molecule has 1 rings (SSSR count). The maximum atomic E-state index is 8.62. The van der Waals surface area contributed by atoms with Crippen LogP contribution in [0.5, 0.6) is 0 Å². The van der Waals surface area contributed by atoms with Gasteiger partial charge in [-0.05, 0) is 33.1 Å². The Morgan fingerprint density at radius 1 is 1.29 bits per heavy atom. The largest absolute Gasteiger partial charge is 0.396 e. The van der Waals surface area contributed by atoms with Crippen molar-refractivity contribution < 1.29 is 5.11 Å². The van der Waals surface area contributed by atoms with Crippen LogP contribution in [0.4, 0.5) is 0 Å². The minimum atomic E-state index is 0.276. The lowest BCUT2D eigenvalue weighted by Gasteiger charge is -2.03. The number of unbranched alkanes of at least 4 members (excludes halogenated alkanes) is 2. The SMILES string of the molecule is Cc1nn(CCCCCO)c(C)c1Cl. The lowest BCUT2D eigenvalue weighted by Crippen LogP contribution is -2.02. The van der Waals surface area contributed by atoms with Gasteiger partial charge in [-0.2, -0.15) is 5.10 Å². The van der Waals surface area contributed by atoms with Gasteiger partial charge >= 0.3 is 0 Å². The average molecular weight is 217 g/mol. The van der Waals surface area contributed by atoms with E-state index in [-0.39, 0.29) is 6.61 Å². The Kier molecular flexibility index (Phi) is 4.42. The van der Waals surface area contributed by atoms with Crippen molar-refractivity contribution in [1.82, 2.24) is 9.78 Å². The average Bonchev–Trinajstić information content (AvgIpc) is 2.41. The fraction of sp³-hybridized carbons (Fsp3) is 0.700. The fourth-order valence-corrected chi connectivity index (χ4v) is 1.58. The van der Waals surface area contributed by atoms with Crippen molar-refractivity contribution >= 4 is 11.6 Å². The van der Waals surface area contributed by atoms with E-state index in [9.17, 15) is 0 Å². The van der Waals surface area contributed by atoms with Gasteiger partial charge in [0.15, 0.2) is 0 Å². The van der Waals surface area contributed by atoms with E-state index in [1.54, 1.807) is 0 Å². The summed E-state index contributed by atoms with van der Waals surface area (Å²) >= 11 is 6.02. The highest BCUT2D eigenvalue weighted by Crippen LogP contribution is 2.19. The molecule has 0 saturated carbocycles. The molecule has 0 amide bonds. The number of hydrogen-bond donors (Lipinski definition) is 1. The third kappa shape index (κ3) is 2.72. The third-order valence-electron chi connectivity index (χ3n) is 2.32. The third-order valence-corrected chi connectivity index (χ3v) is 2.87. The van der Waals surface area contributed by atoms with E-state index in [0.717, 1.165) is 42.2 Å². The van der Waals surface area contributed by atoms with Gasteiger partial charge in [0.25, 0.3) is 0 Å². The molecule has 1 aromatic heterocycles. The molecule has 0 aromatic carbocycles. The molecule has 0 aliphatic rings. The number of aliphatic hydroxyl groups is 1. The predicted molar refractivity (Wildman–Crippen MR) is 57.6 cm³/mol. The summed E-state index contributed by atoms with van der Waals surface area (Å²) in [6.07, 6.45) is 2.94. The van der Waals surface area contributed by atoms with Crippen LogP contribution >= 0.6 is 11.6 Å². The number of aliphatic hydroxyl groups excluding tert-OH is 1. The molecule has 1 N–H and O–H groups in total. The van der Waals surface area contributed by atoms with E-state index in [1.807, 2.05) is 18.5 Å². The van der Waals surface area contributed by atoms with Crippen molar-refractivity contribution in [2.75, 3.05) is 6.61 Å². The Morgan fingerprint density at radius 3 is 2.50 bits per heavy atom. The van der Waals surface area contributed by atoms with Crippen LogP contribution in [-0.4, -0.2) is 21.5 Å². The first-order valence-corrected chi connectivity index (χ1v) is 5.35. The Hall–Kier alpha value is -0.540. The van der Waals surface area contributed by atoms with Crippen LogP contribution in [0.15, 0.2) is 0 Å². The highest BCUT2D eigenvalue weighted by atomic mass is 35.5. The molecule has 1 aromatic rings. The Labute approximate surface area is 89.7 Å². The molecule has 1 heterocycles. The summed E-state index contributed by atoms with van der Waals surface area (Å²) in [6.45, 7) is 5.06. The van der Waals surface area contributed by atoms with Crippen LogP contribution in [0.25, 0.3) is 0 Å². The maximum Gasteiger partial charge on any atom is 0.0844 e. The molecule has 0 atom stereocenters. The molecular weight excluding hydrogens is 200 g/mol. The molecule has 4 heteroatoms. The number of aryl methyl sites for hydroxylation is 2. The molecule has 0 aliphatic heterocycles. The zero-order valence-corrected chi connectivity index (χ0v) is 9.51. The highest BCUT2D eigenvalue weighted by molar-refractivity contribution is 6.31. The smallest absolute Gasteiger partial charge is 0.0844 e. The zero-order chi connectivity index (χ0) is 10.6. The fourth-order valence-electron chi connectivity index (χ4n) is 1.44. The molecule has 0 saturated heterocycles. The molecular formula is C10H17ClN2O. The monoisotopic (exact) mass is 216 g/mol. The number of halogens is 1. The Bertz CT molecular complexity index is 297. The molecule has 0 unspecified atom stereocenters. The lowest BCUT2D eigenvalue weighted by atomic mass is 10.2. The topological polar surface area (TPSA) is 38.0 Å². The van der Waals surface area contributed by atoms with Gasteiger partial charge in [0.2, 0.25) is 0 Å². The highest BCUT2D eigenvalue weighted by Gasteiger charge is 2.07. The molecule has 3 nitrogen and oxygen atoms in total. The molecule has 0 spiro atoms. The summed E-state index contributed by atoms with van der Waals surface area (Å²) in [5.74, 6) is 0. The first kappa shape index (κ1) is 11.5. The van der Waals surface area contributed by atoms with Gasteiger partial charge < -0.3 is 5.11 Å². The van der Waals surface area contributed by atoms with E-state index in [0.29, 0.717) is 0 Å². The van der Waals surface area contributed by atoms with E-state index >= 15 is 0 Å². The molecule has 0 bridgehead atoms. The quantitative estimate of drug-likeness (QED) is 0.768. The van der Waals surface area contributed by atoms with Gasteiger partial charge in [-0.25, -0.2) is 0 Å². The second-order valence-corrected chi connectivity index (χ2v) is 3.87. The maximum absolute atomic E-state index is 8.62. The second kappa shape index (κ2) is 5.37. The second-order valence-electron chi connectivity index (χ2n) is 3.49. The summed E-state index contributed by atoms with van der Waals surface area (Å²) < 4.78 is 1.94. The first-order valence-electron chi connectivity index (χ1n) is 4.97. The van der Waals surface area contributed by atoms with Crippen LogP contribution in [0.3, 0.4) is 0 Å². The van der Waals surface area contributed by atoms with Crippen LogP contribution in [0, 0.1) is 13.8 Å². The number of aromatic nitrogens is 2. The van der Waals surface area contributed by atoms with Crippen molar-refractivity contribution in [3.8, 4) is 0 Å². The van der Waals surface area contributed by atoms with Crippen molar-refractivity contribution in [3.05, 3.63) is 16.4 Å². The minimum absolute atomic E-state index is 0.276. The summed E-state index contributed by atoms with van der Waals surface area (Å²) in [5.41, 5.74) is 1.93. The van der Waals surface area contributed by atoms with E-state index in [4.69, 9.17) is 16.7 Å². The summed E-state index contributed by atoms with van der Waals surface area (Å²) in [4.78, 5) is 0. The van der Waals surface area contributed by atoms with Gasteiger partial charge in [0.1, 0.15) is 0 Å². The van der Waals surface area contributed by atoms with Crippen LogP contribution < -0.4 is 0 Å². The molecule has 0 fully saturated rings. The van der Waals surface area contributed by atoms with Crippen molar-refractivity contribution in [3.63, 3.8) is 0 Å². The van der Waals surface area contributed by atoms with E-state index in [2.05, 4.69) is 5.10 Å². The molecule has 0 aliphatic carbocycles. The normalized spacial score (nSPS) is 10.9. The minimum Gasteiger partial charge on any atom is -0.396 e. The summed E-state index contributed by atoms with van der Waals surface area (Å²) in [7, 11) is 0. The number of hydrogen-bond acceptors (Lipinski definition) is 2. The van der Waals surface area contributed by atoms with Gasteiger partial charge in [0, 0.05) is 13.2 Å². The summed E-state index contributed by atoms with van der Waals surface area (Å²) in [6, 6.07) is 0. The number of rotatable bonds is 5. The molecule has 0 radical (unpaired) electrons. The Balaban J connectivity index is 2.47. The number of nitrogens with zero attached hydrogens (tertiary/aromatic N) is 2. The summed E-state index contributed by atoms with van der Waals surface area (Å²) in [5, 5.41) is 13.7. The van der Waals surface area contributed by atoms with Gasteiger partial charge in [0.05, 0.1) is 16.4 Å². The zero-order valence-electron chi connectivity index (χ0n) is 8.76. The van der Waals surface area contributed by atoms with Crippen LogP contribution in [0.1, 0.15) is 30.7 Å². The van der Waals surface area contributed by atoms with Gasteiger partial charge in [-0.3, -0.25) is 4.68 Å². The van der Waals surface area contributed by atoms with Crippen LogP contribution in [-0.2, 0) is 6.54 Å². The van der Waals surface area contributed by atoms with E-state index < -0.39 is 0 Å². The van der Waals surface area contributed by atoms with Crippen molar-refractivity contribution in [2.24, 2.45) is 0 Å². The van der Waals surface area contributed by atoms with E-state index in [1.165, 1.54) is 0 Å². The van der Waals surface area contributed by atoms with Gasteiger partial charge in [-0.15, -0.1) is 0 Å².